The van der Waals surface area contributed by atoms with Crippen LogP contribution < -0.4 is 10.5 Å². The van der Waals surface area contributed by atoms with Crippen molar-refractivity contribution < 1.29 is 0 Å². The van der Waals surface area contributed by atoms with E-state index in [2.05, 4.69) is 19.1 Å². The van der Waals surface area contributed by atoms with Crippen molar-refractivity contribution in [3.63, 3.8) is 0 Å². The number of nitrogens with two attached hydrogens (primary N) is 1. The second kappa shape index (κ2) is 3.57. The van der Waals surface area contributed by atoms with Crippen LogP contribution in [0.25, 0.3) is 11.4 Å². The Morgan fingerprint density at radius 3 is 2.75 bits per heavy atom. The molecular weight excluding hydrogens is 222 g/mol. The Balaban J connectivity index is 2.09. The molecule has 2 aromatic rings. The second-order valence-corrected chi connectivity index (χ2v) is 3.91. The maximum absolute atomic E-state index is 5.76. The van der Waals surface area contributed by atoms with Crippen LogP contribution in [0.5, 0.6) is 0 Å². The molecule has 1 aromatic heterocycles. The fourth-order valence-corrected chi connectivity index (χ4v) is 2.00. The number of benzene rings is 1. The lowest BCUT2D eigenvalue weighted by atomic mass is 10.2. The average Bonchev–Trinajstić information content (AvgIpc) is 2.76. The molecule has 4 N–H and O–H groups in total. The van der Waals surface area contributed by atoms with E-state index < -0.39 is 0 Å². The van der Waals surface area contributed by atoms with E-state index >= 15 is 0 Å². The third kappa shape index (κ3) is 1.43. The maximum atomic E-state index is 5.76. The highest BCUT2D eigenvalue weighted by atomic mass is 32.2. The molecule has 0 unspecified atom stereocenters. The first-order chi connectivity index (χ1) is 7.84. The van der Waals surface area contributed by atoms with Gasteiger partial charge >= 0.3 is 0 Å². The summed E-state index contributed by atoms with van der Waals surface area (Å²) < 4.78 is 7.00. The van der Waals surface area contributed by atoms with Gasteiger partial charge in [0.2, 0.25) is 0 Å². The topological polar surface area (TPSA) is 79.1 Å². The van der Waals surface area contributed by atoms with Gasteiger partial charge in [-0.25, -0.2) is 4.98 Å². The summed E-state index contributed by atoms with van der Waals surface area (Å²) in [6, 6.07) is 9.89. The van der Waals surface area contributed by atoms with Crippen molar-refractivity contribution in [1.82, 2.24) is 9.97 Å². The van der Waals surface area contributed by atoms with Crippen LogP contribution in [0.4, 0.5) is 5.82 Å². The quantitative estimate of drug-likeness (QED) is 0.653. The van der Waals surface area contributed by atoms with Crippen LogP contribution in [0, 0.1) is 0 Å². The molecule has 0 aliphatic carbocycles. The van der Waals surface area contributed by atoms with Gasteiger partial charge in [-0.15, -0.1) is 0 Å². The number of rotatable bonds is 1. The first-order valence-electron chi connectivity index (χ1n) is 4.76. The average molecular weight is 231 g/mol. The van der Waals surface area contributed by atoms with Crippen molar-refractivity contribution in [3.05, 3.63) is 36.0 Å². The smallest absolute Gasteiger partial charge is 0.167 e. The molecule has 1 aliphatic rings. The zero-order valence-corrected chi connectivity index (χ0v) is 9.08. The first kappa shape index (κ1) is 9.29. The van der Waals surface area contributed by atoms with E-state index in [1.807, 2.05) is 30.3 Å². The summed E-state index contributed by atoms with van der Waals surface area (Å²) in [5.41, 5.74) is 7.53. The van der Waals surface area contributed by atoms with Gasteiger partial charge in [-0.1, -0.05) is 30.3 Å². The van der Waals surface area contributed by atoms with Crippen LogP contribution in [-0.2, 0) is 0 Å². The Morgan fingerprint density at radius 1 is 1.19 bits per heavy atom. The standard InChI is InChI=1S/C10H9N5S/c11-8-7-10(15-16-14-8)13-9(12-7)6-4-2-1-3-5-6/h1-5,15H,(H2,11,14)(H,12,13). The van der Waals surface area contributed by atoms with E-state index in [0.29, 0.717) is 5.84 Å². The molecule has 0 atom stereocenters. The SMILES string of the molecule is NC1=NSNc2nc(-c3ccccc3)[nH]c21. The summed E-state index contributed by atoms with van der Waals surface area (Å²) in [6.45, 7) is 0. The molecule has 6 heteroatoms. The summed E-state index contributed by atoms with van der Waals surface area (Å²) in [6.07, 6.45) is 0. The molecule has 1 aliphatic heterocycles. The van der Waals surface area contributed by atoms with Crippen LogP contribution in [0.15, 0.2) is 34.7 Å². The number of amidine groups is 1. The lowest BCUT2D eigenvalue weighted by molar-refractivity contribution is 1.30. The van der Waals surface area contributed by atoms with Gasteiger partial charge in [0.1, 0.15) is 11.5 Å². The number of hydrogen-bond donors (Lipinski definition) is 3. The minimum Gasteiger partial charge on any atom is -0.381 e. The highest BCUT2D eigenvalue weighted by Crippen LogP contribution is 2.26. The van der Waals surface area contributed by atoms with Crippen molar-refractivity contribution in [2.75, 3.05) is 4.72 Å². The Bertz CT molecular complexity index is 546. The number of aromatic amines is 1. The van der Waals surface area contributed by atoms with E-state index in [1.165, 1.54) is 12.1 Å². The van der Waals surface area contributed by atoms with Gasteiger partial charge in [0, 0.05) is 5.56 Å². The van der Waals surface area contributed by atoms with Crippen LogP contribution in [-0.4, -0.2) is 15.8 Å². The third-order valence-electron chi connectivity index (χ3n) is 2.29. The van der Waals surface area contributed by atoms with Crippen molar-refractivity contribution >= 4 is 23.8 Å². The molecule has 16 heavy (non-hydrogen) atoms. The van der Waals surface area contributed by atoms with Crippen molar-refractivity contribution in [3.8, 4) is 11.4 Å². The summed E-state index contributed by atoms with van der Waals surface area (Å²) >= 11 is 1.18. The van der Waals surface area contributed by atoms with Gasteiger partial charge in [-0.3, -0.25) is 4.72 Å². The van der Waals surface area contributed by atoms with E-state index in [9.17, 15) is 0 Å². The highest BCUT2D eigenvalue weighted by Gasteiger charge is 2.17. The van der Waals surface area contributed by atoms with Crippen molar-refractivity contribution in [2.24, 2.45) is 10.1 Å². The number of H-pyrrole nitrogens is 1. The Kier molecular flexibility index (Phi) is 2.07. The van der Waals surface area contributed by atoms with Gasteiger partial charge in [-0.2, -0.15) is 4.40 Å². The number of imidazole rings is 1. The zero-order chi connectivity index (χ0) is 11.0. The Hall–Kier alpha value is -1.95. The predicted octanol–water partition coefficient (Wildman–Crippen LogP) is 1.77. The molecule has 0 saturated carbocycles. The van der Waals surface area contributed by atoms with Gasteiger partial charge in [0.05, 0.1) is 12.1 Å². The van der Waals surface area contributed by atoms with E-state index in [0.717, 1.165) is 22.9 Å². The van der Waals surface area contributed by atoms with Crippen LogP contribution in [0.2, 0.25) is 0 Å². The molecular formula is C10H9N5S. The fourth-order valence-electron chi connectivity index (χ4n) is 1.53. The molecule has 2 heterocycles. The van der Waals surface area contributed by atoms with Gasteiger partial charge in [0.25, 0.3) is 0 Å². The van der Waals surface area contributed by atoms with Crippen LogP contribution >= 0.6 is 12.1 Å². The lowest BCUT2D eigenvalue weighted by Gasteiger charge is -2.06. The summed E-state index contributed by atoms with van der Waals surface area (Å²) in [7, 11) is 0. The van der Waals surface area contributed by atoms with Gasteiger partial charge in [0.15, 0.2) is 11.7 Å². The normalized spacial score (nSPS) is 13.9. The lowest BCUT2D eigenvalue weighted by Crippen LogP contribution is -2.17. The summed E-state index contributed by atoms with van der Waals surface area (Å²) in [4.78, 5) is 7.58. The van der Waals surface area contributed by atoms with Crippen molar-refractivity contribution in [2.45, 2.75) is 0 Å². The molecule has 0 bridgehead atoms. The van der Waals surface area contributed by atoms with Crippen LogP contribution in [0.3, 0.4) is 0 Å². The molecule has 3 rings (SSSR count). The molecule has 0 spiro atoms. The minimum atomic E-state index is 0.466. The van der Waals surface area contributed by atoms with E-state index in [-0.39, 0.29) is 0 Å². The van der Waals surface area contributed by atoms with Gasteiger partial charge < -0.3 is 10.7 Å². The number of nitrogens with one attached hydrogen (secondary N) is 2. The fraction of sp³-hybridized carbons (Fsp3) is 0. The Morgan fingerprint density at radius 2 is 2.00 bits per heavy atom. The molecule has 0 fully saturated rings. The van der Waals surface area contributed by atoms with Crippen LogP contribution in [0.1, 0.15) is 5.69 Å². The largest absolute Gasteiger partial charge is 0.381 e. The number of nitrogens with zero attached hydrogens (tertiary/aromatic N) is 2. The molecule has 5 nitrogen and oxygen atoms in total. The number of fused-ring (bicyclic) bond motifs is 1. The minimum absolute atomic E-state index is 0.466. The van der Waals surface area contributed by atoms with E-state index in [4.69, 9.17) is 5.73 Å². The monoisotopic (exact) mass is 231 g/mol. The molecule has 1 aromatic carbocycles. The molecule has 0 amide bonds. The number of hydrogen-bond acceptors (Lipinski definition) is 5. The Labute approximate surface area is 96.5 Å². The van der Waals surface area contributed by atoms with Crippen molar-refractivity contribution in [1.29, 1.82) is 0 Å². The number of anilines is 1. The number of aromatic nitrogens is 2. The second-order valence-electron chi connectivity index (χ2n) is 3.34. The zero-order valence-electron chi connectivity index (χ0n) is 8.27. The maximum Gasteiger partial charge on any atom is 0.167 e. The molecule has 80 valence electrons. The highest BCUT2D eigenvalue weighted by molar-refractivity contribution is 7.99. The summed E-state index contributed by atoms with van der Waals surface area (Å²) in [5.74, 6) is 1.99. The van der Waals surface area contributed by atoms with E-state index in [1.54, 1.807) is 0 Å². The summed E-state index contributed by atoms with van der Waals surface area (Å²) in [5, 5.41) is 0. The third-order valence-corrected chi connectivity index (χ3v) is 2.87. The molecule has 0 radical (unpaired) electrons. The predicted molar refractivity (Wildman–Crippen MR) is 66.0 cm³/mol. The first-order valence-corrected chi connectivity index (χ1v) is 5.53. The molecule has 0 saturated heterocycles. The van der Waals surface area contributed by atoms with Gasteiger partial charge in [-0.05, 0) is 0 Å².